The maximum absolute atomic E-state index is 5.74. The molecule has 1 heterocycles. The molecule has 28 heavy (non-hydrogen) atoms. The van der Waals surface area contributed by atoms with E-state index < -0.39 is 0 Å². The molecule has 8 heteroatoms. The first-order valence-electron chi connectivity index (χ1n) is 9.28. The Bertz CT molecular complexity index is 719. The summed E-state index contributed by atoms with van der Waals surface area (Å²) in [5.74, 6) is 1.69. The number of nitrogens with one attached hydrogen (secondary N) is 2. The van der Waals surface area contributed by atoms with Crippen LogP contribution >= 0.6 is 35.3 Å². The Morgan fingerprint density at radius 1 is 1.18 bits per heavy atom. The highest BCUT2D eigenvalue weighted by Crippen LogP contribution is 2.17. The van der Waals surface area contributed by atoms with Crippen LogP contribution < -0.4 is 15.4 Å². The van der Waals surface area contributed by atoms with Gasteiger partial charge in [0, 0.05) is 24.6 Å². The molecule has 0 spiro atoms. The van der Waals surface area contributed by atoms with Crippen LogP contribution in [0.3, 0.4) is 0 Å². The SMILES string of the molecule is CCNC(=NCc1sc(C)nc1C)NCCCOCc1ccc(OC)cc1.I. The van der Waals surface area contributed by atoms with Crippen LogP contribution in [0.4, 0.5) is 0 Å². The first kappa shape index (κ1) is 24.6. The molecule has 2 aromatic rings. The second kappa shape index (κ2) is 13.7. The minimum absolute atomic E-state index is 0. The number of hydrogen-bond donors (Lipinski definition) is 2. The van der Waals surface area contributed by atoms with Gasteiger partial charge in [0.2, 0.25) is 0 Å². The average Bonchev–Trinajstić information content (AvgIpc) is 3.00. The summed E-state index contributed by atoms with van der Waals surface area (Å²) in [5.41, 5.74) is 2.22. The summed E-state index contributed by atoms with van der Waals surface area (Å²) in [4.78, 5) is 10.3. The molecule has 1 aromatic carbocycles. The minimum atomic E-state index is 0. The smallest absolute Gasteiger partial charge is 0.191 e. The second-order valence-corrected chi connectivity index (χ2v) is 7.41. The van der Waals surface area contributed by atoms with E-state index >= 15 is 0 Å². The number of aliphatic imine (C=N–C) groups is 1. The van der Waals surface area contributed by atoms with Gasteiger partial charge in [0.1, 0.15) is 5.75 Å². The van der Waals surface area contributed by atoms with E-state index in [0.717, 1.165) is 47.5 Å². The summed E-state index contributed by atoms with van der Waals surface area (Å²) in [6, 6.07) is 7.95. The summed E-state index contributed by atoms with van der Waals surface area (Å²) in [5, 5.41) is 7.72. The molecule has 0 fully saturated rings. The van der Waals surface area contributed by atoms with E-state index in [4.69, 9.17) is 9.47 Å². The number of hydrogen-bond acceptors (Lipinski definition) is 5. The topological polar surface area (TPSA) is 67.8 Å². The van der Waals surface area contributed by atoms with Crippen molar-refractivity contribution in [2.45, 2.75) is 40.3 Å². The van der Waals surface area contributed by atoms with Gasteiger partial charge < -0.3 is 20.1 Å². The van der Waals surface area contributed by atoms with E-state index in [1.807, 2.05) is 38.1 Å². The van der Waals surface area contributed by atoms with E-state index in [0.29, 0.717) is 19.8 Å². The van der Waals surface area contributed by atoms with Crippen molar-refractivity contribution >= 4 is 41.3 Å². The third-order valence-electron chi connectivity index (χ3n) is 3.91. The van der Waals surface area contributed by atoms with Crippen molar-refractivity contribution in [2.24, 2.45) is 4.99 Å². The number of benzene rings is 1. The summed E-state index contributed by atoms with van der Waals surface area (Å²) in [7, 11) is 1.67. The normalized spacial score (nSPS) is 11.1. The zero-order chi connectivity index (χ0) is 19.5. The lowest BCUT2D eigenvalue weighted by atomic mass is 10.2. The molecule has 1 aromatic heterocycles. The molecule has 0 atom stereocenters. The van der Waals surface area contributed by atoms with Crippen LogP contribution in [-0.2, 0) is 17.9 Å². The van der Waals surface area contributed by atoms with Gasteiger partial charge in [0.15, 0.2) is 5.96 Å². The lowest BCUT2D eigenvalue weighted by Crippen LogP contribution is -2.38. The van der Waals surface area contributed by atoms with Crippen LogP contribution in [0, 0.1) is 13.8 Å². The van der Waals surface area contributed by atoms with Gasteiger partial charge in [-0.3, -0.25) is 0 Å². The van der Waals surface area contributed by atoms with Crippen molar-refractivity contribution in [3.05, 3.63) is 45.4 Å². The van der Waals surface area contributed by atoms with Gasteiger partial charge in [-0.05, 0) is 44.9 Å². The van der Waals surface area contributed by atoms with E-state index in [1.165, 1.54) is 4.88 Å². The highest BCUT2D eigenvalue weighted by molar-refractivity contribution is 14.0. The van der Waals surface area contributed by atoms with Crippen LogP contribution in [0.15, 0.2) is 29.3 Å². The largest absolute Gasteiger partial charge is 0.497 e. The molecule has 6 nitrogen and oxygen atoms in total. The number of ether oxygens (including phenoxy) is 2. The molecule has 0 aliphatic heterocycles. The first-order valence-corrected chi connectivity index (χ1v) is 10.1. The Kier molecular flexibility index (Phi) is 12.1. The van der Waals surface area contributed by atoms with E-state index in [1.54, 1.807) is 18.4 Å². The van der Waals surface area contributed by atoms with Gasteiger partial charge in [-0.2, -0.15) is 0 Å². The molecular formula is C20H31IN4O2S. The zero-order valence-corrected chi connectivity index (χ0v) is 20.2. The summed E-state index contributed by atoms with van der Waals surface area (Å²) in [6.07, 6.45) is 0.916. The van der Waals surface area contributed by atoms with Crippen LogP contribution in [-0.4, -0.2) is 37.7 Å². The standard InChI is InChI=1S/C20H30N4O2S.HI/c1-5-21-20(23-13-19-15(2)24-16(3)27-19)22-11-6-12-26-14-17-7-9-18(25-4)10-8-17;/h7-10H,5-6,11-14H2,1-4H3,(H2,21,22,23);1H. The maximum Gasteiger partial charge on any atom is 0.191 e. The Balaban J connectivity index is 0.00000392. The molecule has 0 aliphatic carbocycles. The van der Waals surface area contributed by atoms with Gasteiger partial charge in [0.05, 0.1) is 31.0 Å². The fraction of sp³-hybridized carbons (Fsp3) is 0.500. The number of rotatable bonds is 10. The molecule has 0 radical (unpaired) electrons. The predicted molar refractivity (Wildman–Crippen MR) is 127 cm³/mol. The molecule has 156 valence electrons. The highest BCUT2D eigenvalue weighted by atomic mass is 127. The number of guanidine groups is 1. The van der Waals surface area contributed by atoms with Crippen molar-refractivity contribution in [1.82, 2.24) is 15.6 Å². The van der Waals surface area contributed by atoms with Gasteiger partial charge >= 0.3 is 0 Å². The average molecular weight is 518 g/mol. The number of aryl methyl sites for hydroxylation is 2. The Labute approximate surface area is 189 Å². The zero-order valence-electron chi connectivity index (χ0n) is 17.1. The maximum atomic E-state index is 5.74. The molecule has 0 aliphatic rings. The monoisotopic (exact) mass is 518 g/mol. The van der Waals surface area contributed by atoms with Crippen LogP contribution in [0.5, 0.6) is 5.75 Å². The van der Waals surface area contributed by atoms with E-state index in [-0.39, 0.29) is 24.0 Å². The van der Waals surface area contributed by atoms with Crippen molar-refractivity contribution in [1.29, 1.82) is 0 Å². The summed E-state index contributed by atoms with van der Waals surface area (Å²) < 4.78 is 10.9. The van der Waals surface area contributed by atoms with Crippen LogP contribution in [0.1, 0.15) is 34.5 Å². The molecule has 0 saturated carbocycles. The summed E-state index contributed by atoms with van der Waals surface area (Å²) >= 11 is 1.71. The fourth-order valence-electron chi connectivity index (χ4n) is 2.51. The third-order valence-corrected chi connectivity index (χ3v) is 4.97. The quantitative estimate of drug-likeness (QED) is 0.215. The third kappa shape index (κ3) is 8.74. The predicted octanol–water partition coefficient (Wildman–Crippen LogP) is 4.05. The molecule has 0 amide bonds. The molecular weight excluding hydrogens is 487 g/mol. The second-order valence-electron chi connectivity index (χ2n) is 6.12. The Morgan fingerprint density at radius 2 is 1.93 bits per heavy atom. The molecule has 0 unspecified atom stereocenters. The fourth-order valence-corrected chi connectivity index (χ4v) is 3.37. The Morgan fingerprint density at radius 3 is 2.54 bits per heavy atom. The molecule has 0 bridgehead atoms. The lowest BCUT2D eigenvalue weighted by molar-refractivity contribution is 0.119. The number of nitrogens with zero attached hydrogens (tertiary/aromatic N) is 2. The van der Waals surface area contributed by atoms with Gasteiger partial charge in [0.25, 0.3) is 0 Å². The number of aromatic nitrogens is 1. The molecule has 2 N–H and O–H groups in total. The van der Waals surface area contributed by atoms with Crippen molar-refractivity contribution in [2.75, 3.05) is 26.8 Å². The number of halogens is 1. The van der Waals surface area contributed by atoms with Crippen molar-refractivity contribution in [3.63, 3.8) is 0 Å². The highest BCUT2D eigenvalue weighted by Gasteiger charge is 2.04. The minimum Gasteiger partial charge on any atom is -0.497 e. The van der Waals surface area contributed by atoms with Crippen LogP contribution in [0.2, 0.25) is 0 Å². The molecule has 2 rings (SSSR count). The number of methoxy groups -OCH3 is 1. The van der Waals surface area contributed by atoms with Crippen LogP contribution in [0.25, 0.3) is 0 Å². The lowest BCUT2D eigenvalue weighted by Gasteiger charge is -2.11. The van der Waals surface area contributed by atoms with Crippen molar-refractivity contribution < 1.29 is 9.47 Å². The molecule has 0 saturated heterocycles. The van der Waals surface area contributed by atoms with E-state index in [9.17, 15) is 0 Å². The van der Waals surface area contributed by atoms with Gasteiger partial charge in [-0.25, -0.2) is 9.98 Å². The van der Waals surface area contributed by atoms with Crippen molar-refractivity contribution in [3.8, 4) is 5.75 Å². The number of thiazole rings is 1. The van der Waals surface area contributed by atoms with E-state index in [2.05, 4.69) is 27.5 Å². The summed E-state index contributed by atoms with van der Waals surface area (Å²) in [6.45, 7) is 9.75. The van der Waals surface area contributed by atoms with Gasteiger partial charge in [-0.15, -0.1) is 35.3 Å². The first-order chi connectivity index (χ1) is 13.1. The van der Waals surface area contributed by atoms with Gasteiger partial charge in [-0.1, -0.05) is 12.1 Å². The Hall–Kier alpha value is -1.39.